The molecule has 1 rings (SSSR count). The zero-order valence-corrected chi connectivity index (χ0v) is 12.0. The Labute approximate surface area is 113 Å². The molecule has 0 radical (unpaired) electrons. The molecule has 1 aliphatic carbocycles. The molecule has 0 aliphatic heterocycles. The molecular formula is C13H24N2O4. The summed E-state index contributed by atoms with van der Waals surface area (Å²) in [7, 11) is 0. The molecule has 4 unspecified atom stereocenters. The highest BCUT2D eigenvalue weighted by Crippen LogP contribution is 2.28. The zero-order valence-electron chi connectivity index (χ0n) is 12.0. The van der Waals surface area contributed by atoms with Gasteiger partial charge in [0.2, 0.25) is 0 Å². The van der Waals surface area contributed by atoms with Gasteiger partial charge in [-0.05, 0) is 40.5 Å². The van der Waals surface area contributed by atoms with E-state index in [0.717, 1.165) is 6.42 Å². The number of carbonyl (C=O) groups excluding carboxylic acids is 2. The molecule has 0 spiro atoms. The van der Waals surface area contributed by atoms with Gasteiger partial charge < -0.3 is 20.9 Å². The summed E-state index contributed by atoms with van der Waals surface area (Å²) in [6, 6.07) is -0.183. The molecule has 1 fully saturated rings. The van der Waals surface area contributed by atoms with Gasteiger partial charge in [-0.2, -0.15) is 0 Å². The van der Waals surface area contributed by atoms with E-state index in [1.807, 2.05) is 20.8 Å². The van der Waals surface area contributed by atoms with Crippen molar-refractivity contribution < 1.29 is 19.4 Å². The molecular weight excluding hydrogens is 248 g/mol. The highest BCUT2D eigenvalue weighted by atomic mass is 16.6. The fourth-order valence-electron chi connectivity index (χ4n) is 1.90. The average Bonchev–Trinajstić information content (AvgIpc) is 2.22. The van der Waals surface area contributed by atoms with E-state index in [0.29, 0.717) is 6.42 Å². The predicted molar refractivity (Wildman–Crippen MR) is 70.5 cm³/mol. The lowest BCUT2D eigenvalue weighted by Gasteiger charge is -2.34. The van der Waals surface area contributed by atoms with Gasteiger partial charge in [0.1, 0.15) is 12.2 Å². The Bertz CT molecular complexity index is 351. The number of aliphatic hydroxyl groups is 1. The summed E-state index contributed by atoms with van der Waals surface area (Å²) in [5.74, 6) is -0.651. The smallest absolute Gasteiger partial charge is 0.407 e. The van der Waals surface area contributed by atoms with Gasteiger partial charge in [-0.25, -0.2) is 4.79 Å². The maximum Gasteiger partial charge on any atom is 0.407 e. The van der Waals surface area contributed by atoms with Gasteiger partial charge >= 0.3 is 6.09 Å². The van der Waals surface area contributed by atoms with E-state index < -0.39 is 23.8 Å². The van der Waals surface area contributed by atoms with Crippen LogP contribution in [0.25, 0.3) is 0 Å². The first-order chi connectivity index (χ1) is 8.61. The second-order valence-electron chi connectivity index (χ2n) is 6.18. The van der Waals surface area contributed by atoms with Crippen molar-refractivity contribution in [3.05, 3.63) is 0 Å². The Balaban J connectivity index is 2.46. The Morgan fingerprint density at radius 2 is 1.95 bits per heavy atom. The first kappa shape index (κ1) is 15.9. The van der Waals surface area contributed by atoms with Crippen LogP contribution >= 0.6 is 0 Å². The van der Waals surface area contributed by atoms with Crippen LogP contribution in [0, 0.1) is 5.92 Å². The number of hydrogen-bond donors (Lipinski definition) is 3. The molecule has 19 heavy (non-hydrogen) atoms. The SMILES string of the molecule is CC(OC(=O)NC(C)(C)C)C(O)C(=O)C1CCC1N. The molecule has 4 atom stereocenters. The molecule has 0 saturated heterocycles. The Morgan fingerprint density at radius 1 is 1.37 bits per heavy atom. The van der Waals surface area contributed by atoms with Crippen LogP contribution < -0.4 is 11.1 Å². The zero-order chi connectivity index (χ0) is 14.8. The second kappa shape index (κ2) is 5.88. The molecule has 1 amide bonds. The number of aliphatic hydroxyl groups excluding tert-OH is 1. The lowest BCUT2D eigenvalue weighted by molar-refractivity contribution is -0.139. The molecule has 0 heterocycles. The van der Waals surface area contributed by atoms with Crippen LogP contribution in [0.15, 0.2) is 0 Å². The largest absolute Gasteiger partial charge is 0.443 e. The van der Waals surface area contributed by atoms with Crippen molar-refractivity contribution in [3.63, 3.8) is 0 Å². The molecule has 0 aromatic carbocycles. The summed E-state index contributed by atoms with van der Waals surface area (Å²) in [5, 5.41) is 12.5. The first-order valence-electron chi connectivity index (χ1n) is 6.58. The maximum atomic E-state index is 11.9. The Hall–Kier alpha value is -1.14. The minimum atomic E-state index is -1.32. The number of hydrogen-bond acceptors (Lipinski definition) is 5. The number of ketones is 1. The van der Waals surface area contributed by atoms with Gasteiger partial charge in [-0.15, -0.1) is 0 Å². The number of nitrogens with one attached hydrogen (secondary N) is 1. The number of alkyl carbamates (subject to hydrolysis) is 1. The topological polar surface area (TPSA) is 102 Å². The number of rotatable bonds is 4. The summed E-state index contributed by atoms with van der Waals surface area (Å²) >= 11 is 0. The van der Waals surface area contributed by atoms with Crippen LogP contribution in [-0.4, -0.2) is 40.8 Å². The molecule has 1 aliphatic rings. The van der Waals surface area contributed by atoms with E-state index in [4.69, 9.17) is 10.5 Å². The quantitative estimate of drug-likeness (QED) is 0.694. The van der Waals surface area contributed by atoms with Crippen molar-refractivity contribution in [3.8, 4) is 0 Å². The van der Waals surface area contributed by atoms with Gasteiger partial charge in [0.25, 0.3) is 0 Å². The standard InChI is InChI=1S/C13H24N2O4/c1-7(19-12(18)15-13(2,3)4)10(16)11(17)8-5-6-9(8)14/h7-10,16H,5-6,14H2,1-4H3,(H,15,18). The highest BCUT2D eigenvalue weighted by Gasteiger charge is 2.39. The van der Waals surface area contributed by atoms with Crippen LogP contribution in [0.3, 0.4) is 0 Å². The molecule has 4 N–H and O–H groups in total. The third kappa shape index (κ3) is 4.47. The van der Waals surface area contributed by atoms with Crippen LogP contribution in [0.1, 0.15) is 40.5 Å². The fourth-order valence-corrected chi connectivity index (χ4v) is 1.90. The van der Waals surface area contributed by atoms with Crippen molar-refractivity contribution in [2.75, 3.05) is 0 Å². The second-order valence-corrected chi connectivity index (χ2v) is 6.18. The number of nitrogens with two attached hydrogens (primary N) is 1. The molecule has 110 valence electrons. The lowest BCUT2D eigenvalue weighted by atomic mass is 9.75. The predicted octanol–water partition coefficient (Wildman–Crippen LogP) is 0.567. The van der Waals surface area contributed by atoms with E-state index in [9.17, 15) is 14.7 Å². The lowest BCUT2D eigenvalue weighted by Crippen LogP contribution is -2.51. The van der Waals surface area contributed by atoms with Crippen molar-refractivity contribution in [2.24, 2.45) is 11.7 Å². The molecule has 6 nitrogen and oxygen atoms in total. The summed E-state index contributed by atoms with van der Waals surface area (Å²) in [5.41, 5.74) is 5.27. The van der Waals surface area contributed by atoms with Crippen LogP contribution in [0.2, 0.25) is 0 Å². The van der Waals surface area contributed by atoms with Crippen molar-refractivity contribution in [1.29, 1.82) is 0 Å². The van der Waals surface area contributed by atoms with Crippen LogP contribution in [-0.2, 0) is 9.53 Å². The van der Waals surface area contributed by atoms with Crippen molar-refractivity contribution >= 4 is 11.9 Å². The van der Waals surface area contributed by atoms with E-state index in [1.54, 1.807) is 0 Å². The normalized spacial score (nSPS) is 26.0. The van der Waals surface area contributed by atoms with Crippen molar-refractivity contribution in [1.82, 2.24) is 5.32 Å². The average molecular weight is 272 g/mol. The molecule has 6 heteroatoms. The molecule has 0 bridgehead atoms. The van der Waals surface area contributed by atoms with Crippen LogP contribution in [0.4, 0.5) is 4.79 Å². The van der Waals surface area contributed by atoms with E-state index in [2.05, 4.69) is 5.32 Å². The number of ether oxygens (including phenoxy) is 1. The Kier molecular flexibility index (Phi) is 4.92. The summed E-state index contributed by atoms with van der Waals surface area (Å²) in [6.07, 6.45) is -1.37. The minimum absolute atomic E-state index is 0.183. The first-order valence-corrected chi connectivity index (χ1v) is 6.58. The van der Waals surface area contributed by atoms with Gasteiger partial charge in [0, 0.05) is 17.5 Å². The van der Waals surface area contributed by atoms with Gasteiger partial charge in [-0.3, -0.25) is 4.79 Å². The summed E-state index contributed by atoms with van der Waals surface area (Å²) in [6.45, 7) is 6.94. The van der Waals surface area contributed by atoms with Gasteiger partial charge in [0.05, 0.1) is 0 Å². The molecule has 1 saturated carbocycles. The van der Waals surface area contributed by atoms with Gasteiger partial charge in [0.15, 0.2) is 5.78 Å². The van der Waals surface area contributed by atoms with E-state index in [1.165, 1.54) is 6.92 Å². The molecule has 0 aromatic rings. The third-order valence-electron chi connectivity index (χ3n) is 3.20. The van der Waals surface area contributed by atoms with Crippen molar-refractivity contribution in [2.45, 2.75) is 64.3 Å². The maximum absolute atomic E-state index is 11.9. The number of amides is 1. The van der Waals surface area contributed by atoms with E-state index >= 15 is 0 Å². The fraction of sp³-hybridized carbons (Fsp3) is 0.846. The highest BCUT2D eigenvalue weighted by molar-refractivity contribution is 5.87. The summed E-state index contributed by atoms with van der Waals surface area (Å²) < 4.78 is 5.00. The number of carbonyl (C=O) groups is 2. The Morgan fingerprint density at radius 3 is 2.32 bits per heavy atom. The van der Waals surface area contributed by atoms with Crippen LogP contribution in [0.5, 0.6) is 0 Å². The molecule has 0 aromatic heterocycles. The summed E-state index contributed by atoms with van der Waals surface area (Å²) in [4.78, 5) is 23.4. The van der Waals surface area contributed by atoms with E-state index in [-0.39, 0.29) is 17.7 Å². The monoisotopic (exact) mass is 272 g/mol. The minimum Gasteiger partial charge on any atom is -0.443 e. The number of Topliss-reactive ketones (excluding diaryl/α,β-unsaturated/α-hetero) is 1. The third-order valence-corrected chi connectivity index (χ3v) is 3.20. The van der Waals surface area contributed by atoms with Gasteiger partial charge in [-0.1, -0.05) is 0 Å².